The van der Waals surface area contributed by atoms with Crippen LogP contribution in [0.4, 0.5) is 0 Å². The number of ether oxygens (including phenoxy) is 1. The van der Waals surface area contributed by atoms with E-state index < -0.39 is 0 Å². The number of fused-ring (bicyclic) bond motifs is 3. The van der Waals surface area contributed by atoms with Gasteiger partial charge in [0, 0.05) is 28.7 Å². The van der Waals surface area contributed by atoms with E-state index in [0.717, 1.165) is 44.6 Å². The molecule has 0 aliphatic rings. The normalized spacial score (nSPS) is 10.9. The molecule has 0 bridgehead atoms. The van der Waals surface area contributed by atoms with Crippen LogP contribution >= 0.6 is 0 Å². The number of nitrogens with zero attached hydrogens (tertiary/aromatic N) is 3. The minimum absolute atomic E-state index is 0. The van der Waals surface area contributed by atoms with Gasteiger partial charge in [0.25, 0.3) is 0 Å². The third kappa shape index (κ3) is 4.26. The van der Waals surface area contributed by atoms with Crippen molar-refractivity contribution in [2.75, 3.05) is 0 Å². The van der Waals surface area contributed by atoms with Crippen molar-refractivity contribution >= 4 is 21.8 Å². The van der Waals surface area contributed by atoms with E-state index in [1.807, 2.05) is 68.6 Å². The van der Waals surface area contributed by atoms with Crippen molar-refractivity contribution in [3.8, 4) is 28.6 Å². The van der Waals surface area contributed by atoms with E-state index in [0.29, 0.717) is 11.6 Å². The summed E-state index contributed by atoms with van der Waals surface area (Å²) in [6.45, 7) is 3.95. The summed E-state index contributed by atoms with van der Waals surface area (Å²) in [6.07, 6.45) is 1.82. The van der Waals surface area contributed by atoms with Gasteiger partial charge in [-0.3, -0.25) is 0 Å². The molecule has 0 unspecified atom stereocenters. The van der Waals surface area contributed by atoms with Crippen LogP contribution in [0.25, 0.3) is 38.8 Å². The van der Waals surface area contributed by atoms with Crippen LogP contribution in [0.15, 0.2) is 91.1 Å². The molecule has 3 aromatic carbocycles. The zero-order valence-electron chi connectivity index (χ0n) is 19.2. The average Bonchev–Trinajstić information content (AvgIpc) is 3.21. The maximum atomic E-state index is 6.08. The molecule has 0 aliphatic heterocycles. The molecular formula is C30H21N3OPt. The van der Waals surface area contributed by atoms with E-state index in [9.17, 15) is 0 Å². The Morgan fingerprint density at radius 3 is 2.43 bits per heavy atom. The Hall–Kier alpha value is -3.75. The Kier molecular flexibility index (Phi) is 6.23. The predicted octanol–water partition coefficient (Wildman–Crippen LogP) is 7.25. The molecule has 0 amide bonds. The maximum absolute atomic E-state index is 6.08. The van der Waals surface area contributed by atoms with Crippen LogP contribution in [0.5, 0.6) is 11.6 Å². The second-order valence-corrected chi connectivity index (χ2v) is 8.28. The van der Waals surface area contributed by atoms with Crippen LogP contribution in [0.1, 0.15) is 11.3 Å². The molecule has 6 rings (SSSR count). The fourth-order valence-electron chi connectivity index (χ4n) is 4.25. The fraction of sp³-hybridized carbons (Fsp3) is 0.0667. The van der Waals surface area contributed by atoms with Gasteiger partial charge in [0.15, 0.2) is 0 Å². The van der Waals surface area contributed by atoms with Gasteiger partial charge in [-0.15, -0.1) is 18.2 Å². The monoisotopic (exact) mass is 634 g/mol. The third-order valence-corrected chi connectivity index (χ3v) is 5.92. The van der Waals surface area contributed by atoms with Crippen molar-refractivity contribution in [3.63, 3.8) is 0 Å². The van der Waals surface area contributed by atoms with Crippen molar-refractivity contribution < 1.29 is 25.8 Å². The van der Waals surface area contributed by atoms with Crippen molar-refractivity contribution in [1.82, 2.24) is 14.5 Å². The van der Waals surface area contributed by atoms with Crippen LogP contribution in [0.2, 0.25) is 0 Å². The number of hydrogen-bond donors (Lipinski definition) is 0. The van der Waals surface area contributed by atoms with Crippen LogP contribution in [-0.4, -0.2) is 14.5 Å². The van der Waals surface area contributed by atoms with Crippen LogP contribution < -0.4 is 4.74 Å². The molecule has 0 spiro atoms. The molecule has 0 fully saturated rings. The summed E-state index contributed by atoms with van der Waals surface area (Å²) in [6, 6.07) is 35.5. The molecule has 3 aromatic heterocycles. The van der Waals surface area contributed by atoms with Crippen LogP contribution in [0, 0.1) is 26.0 Å². The van der Waals surface area contributed by atoms with E-state index in [1.54, 1.807) is 0 Å². The number of aromatic nitrogens is 3. The van der Waals surface area contributed by atoms with E-state index in [4.69, 9.17) is 4.74 Å². The Morgan fingerprint density at radius 1 is 0.743 bits per heavy atom. The number of hydrogen-bond acceptors (Lipinski definition) is 3. The average molecular weight is 635 g/mol. The third-order valence-electron chi connectivity index (χ3n) is 5.92. The van der Waals surface area contributed by atoms with Crippen LogP contribution in [0.3, 0.4) is 0 Å². The van der Waals surface area contributed by atoms with Crippen molar-refractivity contribution in [1.29, 1.82) is 0 Å². The molecule has 0 saturated carbocycles. The van der Waals surface area contributed by atoms with E-state index in [2.05, 4.69) is 63.1 Å². The summed E-state index contributed by atoms with van der Waals surface area (Å²) in [5.41, 5.74) is 5.82. The molecule has 0 saturated heterocycles. The van der Waals surface area contributed by atoms with Gasteiger partial charge >= 0.3 is 21.1 Å². The van der Waals surface area contributed by atoms with Gasteiger partial charge in [-0.1, -0.05) is 35.7 Å². The zero-order valence-corrected chi connectivity index (χ0v) is 21.5. The molecule has 0 aliphatic carbocycles. The van der Waals surface area contributed by atoms with Crippen LogP contribution in [-0.2, 0) is 21.1 Å². The summed E-state index contributed by atoms with van der Waals surface area (Å²) in [4.78, 5) is 9.13. The standard InChI is InChI=1S/C30H21N3O.Pt/c1-20-13-14-21(2)32-30(20)34-24-9-7-8-22(18-24)23-15-16-26-25-10-3-4-11-27(25)33(28(26)19-23)29-12-5-6-17-31-29;/h3-17H,1-2H3;/q-2;+2. The summed E-state index contributed by atoms with van der Waals surface area (Å²) < 4.78 is 8.25. The largest absolute Gasteiger partial charge is 2.00 e. The quantitative estimate of drug-likeness (QED) is 0.192. The Bertz CT molecular complexity index is 1660. The summed E-state index contributed by atoms with van der Waals surface area (Å²) >= 11 is 0. The van der Waals surface area contributed by atoms with Gasteiger partial charge in [0.2, 0.25) is 5.88 Å². The number of aryl methyl sites for hydroxylation is 2. The maximum Gasteiger partial charge on any atom is 2.00 e. The van der Waals surface area contributed by atoms with Gasteiger partial charge in [0.1, 0.15) is 5.82 Å². The van der Waals surface area contributed by atoms with E-state index in [1.165, 1.54) is 5.39 Å². The SMILES string of the molecule is Cc1ccc(C)c(Oc2[c-]c(-c3[c-]c4c(cc3)c3ccccc3n4-c3ccccn3)ccc2)n1.[Pt+2]. The van der Waals surface area contributed by atoms with Crippen molar-refractivity contribution in [2.24, 2.45) is 0 Å². The molecule has 0 N–H and O–H groups in total. The molecule has 35 heavy (non-hydrogen) atoms. The first-order valence-corrected chi connectivity index (χ1v) is 11.2. The smallest absolute Gasteiger partial charge is 0.460 e. The molecule has 0 atom stereocenters. The molecule has 6 aromatic rings. The number of rotatable bonds is 4. The van der Waals surface area contributed by atoms with E-state index >= 15 is 0 Å². The Morgan fingerprint density at radius 2 is 1.57 bits per heavy atom. The second kappa shape index (κ2) is 9.48. The van der Waals surface area contributed by atoms with Gasteiger partial charge in [-0.05, 0) is 49.0 Å². The Labute approximate surface area is 218 Å². The molecular weight excluding hydrogens is 613 g/mol. The van der Waals surface area contributed by atoms with Gasteiger partial charge in [-0.25, -0.2) is 21.1 Å². The second-order valence-electron chi connectivity index (χ2n) is 8.28. The minimum Gasteiger partial charge on any atom is -0.460 e. The van der Waals surface area contributed by atoms with Crippen molar-refractivity contribution in [3.05, 3.63) is 115 Å². The first-order valence-electron chi connectivity index (χ1n) is 11.2. The van der Waals surface area contributed by atoms with Crippen molar-refractivity contribution in [2.45, 2.75) is 13.8 Å². The van der Waals surface area contributed by atoms with Gasteiger partial charge < -0.3 is 9.30 Å². The number of benzene rings is 3. The molecule has 5 heteroatoms. The Balaban J connectivity index is 0.00000253. The first kappa shape index (κ1) is 23.0. The number of para-hydroxylation sites is 1. The zero-order chi connectivity index (χ0) is 23.1. The number of pyridine rings is 2. The van der Waals surface area contributed by atoms with E-state index in [-0.39, 0.29) is 21.1 Å². The minimum atomic E-state index is 0. The van der Waals surface area contributed by atoms with Gasteiger partial charge in [0.05, 0.1) is 0 Å². The molecule has 0 radical (unpaired) electrons. The molecule has 3 heterocycles. The van der Waals surface area contributed by atoms with Gasteiger partial charge in [-0.2, -0.15) is 24.3 Å². The molecule has 172 valence electrons. The topological polar surface area (TPSA) is 39.9 Å². The first-order chi connectivity index (χ1) is 16.7. The fourth-order valence-corrected chi connectivity index (χ4v) is 4.25. The predicted molar refractivity (Wildman–Crippen MR) is 135 cm³/mol. The summed E-state index contributed by atoms with van der Waals surface area (Å²) in [5.74, 6) is 2.09. The summed E-state index contributed by atoms with van der Waals surface area (Å²) in [5, 5.41) is 2.31. The summed E-state index contributed by atoms with van der Waals surface area (Å²) in [7, 11) is 0. The molecule has 4 nitrogen and oxygen atoms in total.